The van der Waals surface area contributed by atoms with E-state index in [1.165, 1.54) is 18.3 Å². The first kappa shape index (κ1) is 18.3. The lowest BCUT2D eigenvalue weighted by Gasteiger charge is -2.13. The maximum Gasteiger partial charge on any atom is 0.319 e. The van der Waals surface area contributed by atoms with Crippen molar-refractivity contribution in [2.45, 2.75) is 25.7 Å². The molecule has 1 heterocycles. The van der Waals surface area contributed by atoms with Crippen LogP contribution in [0.2, 0.25) is 5.02 Å². The van der Waals surface area contributed by atoms with Gasteiger partial charge in [0.15, 0.2) is 0 Å². The summed E-state index contributed by atoms with van der Waals surface area (Å²) in [5.74, 6) is 0.0951. The predicted molar refractivity (Wildman–Crippen MR) is 91.4 cm³/mol. The Hall–Kier alpha value is -2.06. The van der Waals surface area contributed by atoms with E-state index in [4.69, 9.17) is 21.1 Å². The van der Waals surface area contributed by atoms with Crippen LogP contribution in [0.1, 0.15) is 19.4 Å². The monoisotopic (exact) mass is 371 g/mol. The molecular weight excluding hydrogens is 354 g/mol. The molecule has 9 heteroatoms. The number of nitrogens with zero attached hydrogens (tertiary/aromatic N) is 2. The summed E-state index contributed by atoms with van der Waals surface area (Å²) in [6.07, 6.45) is 1.30. The summed E-state index contributed by atoms with van der Waals surface area (Å²) < 4.78 is 38.0. The predicted octanol–water partition coefficient (Wildman–Crippen LogP) is 3.04. The number of halogens is 1. The standard InChI is InChI=1S/C15H18ClN3O4S/c1-4-22-14-13(9-17-15(18-14)23-5-2)19-24(20,21)11-7-6-10(3)12(16)8-11/h6-9,19H,4-5H2,1-3H3. The topological polar surface area (TPSA) is 90.4 Å². The molecule has 0 saturated heterocycles. The van der Waals surface area contributed by atoms with Crippen LogP contribution in [-0.4, -0.2) is 31.6 Å². The normalized spacial score (nSPS) is 11.2. The van der Waals surface area contributed by atoms with Gasteiger partial charge in [0, 0.05) is 5.02 Å². The molecule has 0 bridgehead atoms. The highest BCUT2D eigenvalue weighted by Crippen LogP contribution is 2.27. The lowest BCUT2D eigenvalue weighted by atomic mass is 10.2. The Morgan fingerprint density at radius 1 is 1.21 bits per heavy atom. The number of sulfonamides is 1. The van der Waals surface area contributed by atoms with Crippen molar-refractivity contribution in [3.63, 3.8) is 0 Å². The first-order valence-electron chi connectivity index (χ1n) is 7.29. The molecule has 0 spiro atoms. The van der Waals surface area contributed by atoms with Gasteiger partial charge in [-0.15, -0.1) is 0 Å². The first-order valence-corrected chi connectivity index (χ1v) is 9.15. The SMILES string of the molecule is CCOc1ncc(NS(=O)(=O)c2ccc(C)c(Cl)c2)c(OCC)n1. The third-order valence-electron chi connectivity index (χ3n) is 2.98. The van der Waals surface area contributed by atoms with E-state index in [2.05, 4.69) is 14.7 Å². The largest absolute Gasteiger partial charge is 0.476 e. The van der Waals surface area contributed by atoms with Crippen LogP contribution < -0.4 is 14.2 Å². The van der Waals surface area contributed by atoms with Crippen molar-refractivity contribution in [2.24, 2.45) is 0 Å². The molecule has 0 aliphatic heterocycles. The molecule has 0 aliphatic carbocycles. The van der Waals surface area contributed by atoms with E-state index in [9.17, 15) is 8.42 Å². The van der Waals surface area contributed by atoms with Crippen molar-refractivity contribution in [3.05, 3.63) is 35.0 Å². The summed E-state index contributed by atoms with van der Waals surface area (Å²) in [6.45, 7) is 6.05. The molecular formula is C15H18ClN3O4S. The van der Waals surface area contributed by atoms with Crippen LogP contribution in [0, 0.1) is 6.92 Å². The molecule has 1 N–H and O–H groups in total. The molecule has 1 aromatic carbocycles. The summed E-state index contributed by atoms with van der Waals surface area (Å²) in [5.41, 5.74) is 0.909. The lowest BCUT2D eigenvalue weighted by molar-refractivity contribution is 0.290. The van der Waals surface area contributed by atoms with Crippen molar-refractivity contribution < 1.29 is 17.9 Å². The second-order valence-electron chi connectivity index (χ2n) is 4.75. The molecule has 1 aromatic heterocycles. The molecule has 2 rings (SSSR count). The van der Waals surface area contributed by atoms with Crippen LogP contribution >= 0.6 is 11.6 Å². The zero-order valence-corrected chi connectivity index (χ0v) is 15.1. The van der Waals surface area contributed by atoms with E-state index in [1.807, 2.05) is 0 Å². The van der Waals surface area contributed by atoms with Crippen LogP contribution in [0.3, 0.4) is 0 Å². The maximum atomic E-state index is 12.5. The van der Waals surface area contributed by atoms with Crippen LogP contribution in [0.25, 0.3) is 0 Å². The van der Waals surface area contributed by atoms with Gasteiger partial charge >= 0.3 is 6.01 Å². The Balaban J connectivity index is 2.35. The number of aromatic nitrogens is 2. The number of hydrogen-bond donors (Lipinski definition) is 1. The van der Waals surface area contributed by atoms with Gasteiger partial charge in [0.05, 0.1) is 24.3 Å². The molecule has 0 fully saturated rings. The average molecular weight is 372 g/mol. The van der Waals surface area contributed by atoms with Crippen molar-refractivity contribution in [3.8, 4) is 11.9 Å². The van der Waals surface area contributed by atoms with Crippen molar-refractivity contribution in [2.75, 3.05) is 17.9 Å². The van der Waals surface area contributed by atoms with E-state index in [0.717, 1.165) is 5.56 Å². The summed E-state index contributed by atoms with van der Waals surface area (Å²) in [6, 6.07) is 4.60. The smallest absolute Gasteiger partial charge is 0.319 e. The van der Waals surface area contributed by atoms with Crippen molar-refractivity contribution in [1.82, 2.24) is 9.97 Å². The average Bonchev–Trinajstić information content (AvgIpc) is 2.53. The molecule has 24 heavy (non-hydrogen) atoms. The maximum absolute atomic E-state index is 12.5. The third kappa shape index (κ3) is 4.27. The molecule has 2 aromatic rings. The van der Waals surface area contributed by atoms with Gasteiger partial charge in [0.25, 0.3) is 10.0 Å². The number of anilines is 1. The summed E-state index contributed by atoms with van der Waals surface area (Å²) in [4.78, 5) is 8.04. The molecule has 0 aliphatic rings. The molecule has 130 valence electrons. The summed E-state index contributed by atoms with van der Waals surface area (Å²) >= 11 is 6.00. The fraction of sp³-hybridized carbons (Fsp3) is 0.333. The fourth-order valence-electron chi connectivity index (χ4n) is 1.81. The van der Waals surface area contributed by atoms with Crippen LogP contribution in [0.4, 0.5) is 5.69 Å². The van der Waals surface area contributed by atoms with E-state index >= 15 is 0 Å². The second kappa shape index (κ2) is 7.67. The van der Waals surface area contributed by atoms with Gasteiger partial charge in [0.2, 0.25) is 5.88 Å². The number of aryl methyl sites for hydroxylation is 1. The van der Waals surface area contributed by atoms with Gasteiger partial charge in [-0.2, -0.15) is 4.98 Å². The van der Waals surface area contributed by atoms with Crippen LogP contribution in [0.5, 0.6) is 11.9 Å². The van der Waals surface area contributed by atoms with Gasteiger partial charge in [-0.1, -0.05) is 17.7 Å². The quantitative estimate of drug-likeness (QED) is 0.804. The van der Waals surface area contributed by atoms with Crippen molar-refractivity contribution >= 4 is 27.3 Å². The Kier molecular flexibility index (Phi) is 5.84. The molecule has 0 saturated carbocycles. The fourth-order valence-corrected chi connectivity index (χ4v) is 3.12. The minimum atomic E-state index is -3.85. The highest BCUT2D eigenvalue weighted by molar-refractivity contribution is 7.92. The lowest BCUT2D eigenvalue weighted by Crippen LogP contribution is -2.15. The van der Waals surface area contributed by atoms with E-state index in [0.29, 0.717) is 18.2 Å². The van der Waals surface area contributed by atoms with Gasteiger partial charge in [0.1, 0.15) is 5.69 Å². The minimum Gasteiger partial charge on any atom is -0.476 e. The van der Waals surface area contributed by atoms with Gasteiger partial charge in [-0.05, 0) is 38.5 Å². The molecule has 0 unspecified atom stereocenters. The zero-order chi connectivity index (χ0) is 17.7. The van der Waals surface area contributed by atoms with E-state index < -0.39 is 10.0 Å². The minimum absolute atomic E-state index is 0.0365. The van der Waals surface area contributed by atoms with Crippen molar-refractivity contribution in [1.29, 1.82) is 0 Å². The van der Waals surface area contributed by atoms with Crippen LogP contribution in [0.15, 0.2) is 29.3 Å². The zero-order valence-electron chi connectivity index (χ0n) is 13.5. The molecule has 0 atom stereocenters. The number of nitrogens with one attached hydrogen (secondary N) is 1. The summed E-state index contributed by atoms with van der Waals surface area (Å²) in [7, 11) is -3.85. The van der Waals surface area contributed by atoms with Gasteiger partial charge in [-0.3, -0.25) is 4.72 Å². The first-order chi connectivity index (χ1) is 11.4. The number of rotatable bonds is 7. The Labute approximate surface area is 146 Å². The Morgan fingerprint density at radius 2 is 1.92 bits per heavy atom. The molecule has 7 nitrogen and oxygen atoms in total. The van der Waals surface area contributed by atoms with E-state index in [-0.39, 0.29) is 22.5 Å². The molecule has 0 amide bonds. The van der Waals surface area contributed by atoms with Gasteiger partial charge < -0.3 is 9.47 Å². The van der Waals surface area contributed by atoms with Crippen LogP contribution in [-0.2, 0) is 10.0 Å². The van der Waals surface area contributed by atoms with E-state index in [1.54, 1.807) is 26.8 Å². The number of ether oxygens (including phenoxy) is 2. The number of benzene rings is 1. The number of hydrogen-bond acceptors (Lipinski definition) is 6. The van der Waals surface area contributed by atoms with Gasteiger partial charge in [-0.25, -0.2) is 13.4 Å². The highest BCUT2D eigenvalue weighted by Gasteiger charge is 2.19. The summed E-state index contributed by atoms with van der Waals surface area (Å²) in [5, 5.41) is 0.367. The Morgan fingerprint density at radius 3 is 2.54 bits per heavy atom. The third-order valence-corrected chi connectivity index (χ3v) is 4.75. The second-order valence-corrected chi connectivity index (χ2v) is 6.84. The molecule has 0 radical (unpaired) electrons. The highest BCUT2D eigenvalue weighted by atomic mass is 35.5. The Bertz CT molecular complexity index is 827.